The van der Waals surface area contributed by atoms with E-state index in [0.717, 1.165) is 5.56 Å². The Bertz CT molecular complexity index is 619. The van der Waals surface area contributed by atoms with Crippen LogP contribution in [0.15, 0.2) is 48.6 Å². The van der Waals surface area contributed by atoms with Gasteiger partial charge in [-0.05, 0) is 41.9 Å². The number of hydrogen-bond donors (Lipinski definition) is 0. The number of benzene rings is 1. The van der Waals surface area contributed by atoms with Gasteiger partial charge in [-0.2, -0.15) is 0 Å². The van der Waals surface area contributed by atoms with Crippen molar-refractivity contribution < 1.29 is 9.66 Å². The number of allylic oxidation sites excluding steroid dienone is 3. The van der Waals surface area contributed by atoms with Crippen molar-refractivity contribution in [2.45, 2.75) is 19.1 Å². The Morgan fingerprint density at radius 2 is 1.86 bits per heavy atom. The van der Waals surface area contributed by atoms with Crippen molar-refractivity contribution in [1.82, 2.24) is 0 Å². The van der Waals surface area contributed by atoms with E-state index in [1.807, 2.05) is 0 Å². The third-order valence-corrected chi connectivity index (χ3v) is 5.08. The summed E-state index contributed by atoms with van der Waals surface area (Å²) < 4.78 is 6.07. The SMILES string of the molecule is O=[N+]([O-])c1ccc(COC2C=CC3C2[C@@H]2C=C[C@H]3C2)cc1. The van der Waals surface area contributed by atoms with Gasteiger partial charge in [-0.3, -0.25) is 10.1 Å². The zero-order chi connectivity index (χ0) is 14.4. The molecule has 5 atom stereocenters. The molecule has 1 aromatic carbocycles. The van der Waals surface area contributed by atoms with Crippen molar-refractivity contribution in [3.63, 3.8) is 0 Å². The first kappa shape index (κ1) is 12.8. The molecule has 108 valence electrons. The van der Waals surface area contributed by atoms with Gasteiger partial charge in [0, 0.05) is 18.1 Å². The molecule has 4 nitrogen and oxygen atoms in total. The molecule has 0 spiro atoms. The lowest BCUT2D eigenvalue weighted by Gasteiger charge is -2.26. The average molecular weight is 283 g/mol. The second-order valence-corrected chi connectivity index (χ2v) is 6.19. The van der Waals surface area contributed by atoms with Crippen LogP contribution in [0.4, 0.5) is 5.69 Å². The fourth-order valence-corrected chi connectivity index (χ4v) is 4.07. The quantitative estimate of drug-likeness (QED) is 0.483. The van der Waals surface area contributed by atoms with Crippen LogP contribution in [0, 0.1) is 33.8 Å². The largest absolute Gasteiger partial charge is 0.369 e. The summed E-state index contributed by atoms with van der Waals surface area (Å²) in [5.74, 6) is 2.63. The van der Waals surface area contributed by atoms with Crippen molar-refractivity contribution in [2.75, 3.05) is 0 Å². The maximum Gasteiger partial charge on any atom is 0.269 e. The summed E-state index contributed by atoms with van der Waals surface area (Å²) in [7, 11) is 0. The van der Waals surface area contributed by atoms with Crippen LogP contribution in [-0.4, -0.2) is 11.0 Å². The lowest BCUT2D eigenvalue weighted by molar-refractivity contribution is -0.384. The maximum absolute atomic E-state index is 10.6. The van der Waals surface area contributed by atoms with Crippen LogP contribution < -0.4 is 0 Å². The topological polar surface area (TPSA) is 52.4 Å². The third-order valence-electron chi connectivity index (χ3n) is 5.08. The number of non-ortho nitro benzene ring substituents is 1. The van der Waals surface area contributed by atoms with E-state index < -0.39 is 0 Å². The second-order valence-electron chi connectivity index (χ2n) is 6.19. The van der Waals surface area contributed by atoms with Crippen LogP contribution in [0.2, 0.25) is 0 Å². The number of rotatable bonds is 4. The van der Waals surface area contributed by atoms with E-state index in [2.05, 4.69) is 24.3 Å². The summed E-state index contributed by atoms with van der Waals surface area (Å²) in [6.45, 7) is 0.511. The number of fused-ring (bicyclic) bond motifs is 5. The molecular formula is C17H17NO3. The molecule has 21 heavy (non-hydrogen) atoms. The molecule has 0 amide bonds. The Morgan fingerprint density at radius 3 is 2.62 bits per heavy atom. The highest BCUT2D eigenvalue weighted by molar-refractivity contribution is 5.32. The van der Waals surface area contributed by atoms with Crippen LogP contribution in [0.3, 0.4) is 0 Å². The molecule has 0 heterocycles. The van der Waals surface area contributed by atoms with E-state index >= 15 is 0 Å². The molecule has 3 unspecified atom stereocenters. The summed E-state index contributed by atoms with van der Waals surface area (Å²) in [5, 5.41) is 10.6. The van der Waals surface area contributed by atoms with Gasteiger partial charge in [0.15, 0.2) is 0 Å². The maximum atomic E-state index is 10.6. The van der Waals surface area contributed by atoms with Gasteiger partial charge in [-0.1, -0.05) is 24.3 Å². The van der Waals surface area contributed by atoms with Gasteiger partial charge in [0.1, 0.15) is 0 Å². The first-order valence-electron chi connectivity index (χ1n) is 7.44. The Balaban J connectivity index is 1.40. The minimum absolute atomic E-state index is 0.123. The van der Waals surface area contributed by atoms with Crippen molar-refractivity contribution in [1.29, 1.82) is 0 Å². The molecule has 1 fully saturated rings. The first-order chi connectivity index (χ1) is 10.2. The third kappa shape index (κ3) is 2.10. The summed E-state index contributed by atoms with van der Waals surface area (Å²) in [5.41, 5.74) is 1.11. The molecule has 2 bridgehead atoms. The number of ether oxygens (including phenoxy) is 1. The van der Waals surface area contributed by atoms with Gasteiger partial charge in [0.2, 0.25) is 0 Å². The molecule has 0 radical (unpaired) electrons. The second kappa shape index (κ2) is 4.81. The van der Waals surface area contributed by atoms with Crippen LogP contribution >= 0.6 is 0 Å². The molecule has 1 saturated carbocycles. The van der Waals surface area contributed by atoms with Crippen molar-refractivity contribution in [3.05, 3.63) is 64.2 Å². The standard InChI is InChI=1S/C17H17NO3/c19-18(20)14-5-1-11(2-6-14)10-21-16-8-7-15-12-3-4-13(9-12)17(15)16/h1-8,12-13,15-17H,9-10H2/t12-,13+,15?,16?,17?/m0/s1. The lowest BCUT2D eigenvalue weighted by Crippen LogP contribution is -2.26. The van der Waals surface area contributed by atoms with Crippen molar-refractivity contribution >= 4 is 5.69 Å². The van der Waals surface area contributed by atoms with Gasteiger partial charge in [-0.25, -0.2) is 0 Å². The highest BCUT2D eigenvalue weighted by atomic mass is 16.6. The fourth-order valence-electron chi connectivity index (χ4n) is 4.07. The molecule has 4 rings (SSSR count). The van der Waals surface area contributed by atoms with Crippen LogP contribution in [-0.2, 0) is 11.3 Å². The highest BCUT2D eigenvalue weighted by Crippen LogP contribution is 2.53. The average Bonchev–Trinajstić information content (AvgIpc) is 3.19. The molecule has 3 aliphatic carbocycles. The predicted molar refractivity (Wildman–Crippen MR) is 78.5 cm³/mol. The van der Waals surface area contributed by atoms with E-state index in [1.165, 1.54) is 18.6 Å². The molecule has 0 aliphatic heterocycles. The summed E-state index contributed by atoms with van der Waals surface area (Å²) in [6.07, 6.45) is 10.7. The van der Waals surface area contributed by atoms with Gasteiger partial charge in [0.25, 0.3) is 5.69 Å². The molecule has 4 heteroatoms. The molecule has 0 saturated heterocycles. The Labute approximate surface area is 123 Å². The zero-order valence-electron chi connectivity index (χ0n) is 11.6. The monoisotopic (exact) mass is 283 g/mol. The minimum Gasteiger partial charge on any atom is -0.369 e. The predicted octanol–water partition coefficient (Wildman–Crippen LogP) is 3.49. The van der Waals surface area contributed by atoms with E-state index in [4.69, 9.17) is 4.74 Å². The number of hydrogen-bond acceptors (Lipinski definition) is 3. The Kier molecular flexibility index (Phi) is 2.93. The first-order valence-corrected chi connectivity index (χ1v) is 7.44. The van der Waals surface area contributed by atoms with Gasteiger partial charge >= 0.3 is 0 Å². The highest BCUT2D eigenvalue weighted by Gasteiger charge is 2.49. The fraction of sp³-hybridized carbons (Fsp3) is 0.412. The van der Waals surface area contributed by atoms with Gasteiger partial charge in [-0.15, -0.1) is 0 Å². The molecule has 0 aromatic heterocycles. The van der Waals surface area contributed by atoms with E-state index in [9.17, 15) is 10.1 Å². The molecule has 3 aliphatic rings. The van der Waals surface area contributed by atoms with Crippen LogP contribution in [0.25, 0.3) is 0 Å². The van der Waals surface area contributed by atoms with Crippen LogP contribution in [0.5, 0.6) is 0 Å². The van der Waals surface area contributed by atoms with E-state index in [-0.39, 0.29) is 16.7 Å². The van der Waals surface area contributed by atoms with Crippen molar-refractivity contribution in [2.24, 2.45) is 23.7 Å². The number of nitro groups is 1. The normalized spacial score (nSPS) is 35.3. The summed E-state index contributed by atoms with van der Waals surface area (Å²) in [4.78, 5) is 10.3. The number of nitro benzene ring substituents is 1. The number of nitrogens with zero attached hydrogens (tertiary/aromatic N) is 1. The van der Waals surface area contributed by atoms with Gasteiger partial charge in [0.05, 0.1) is 17.6 Å². The molecule has 1 aromatic rings. The molecule has 0 N–H and O–H groups in total. The lowest BCUT2D eigenvalue weighted by atomic mass is 9.84. The van der Waals surface area contributed by atoms with Gasteiger partial charge < -0.3 is 4.74 Å². The van der Waals surface area contributed by atoms with Crippen molar-refractivity contribution in [3.8, 4) is 0 Å². The van der Waals surface area contributed by atoms with E-state index in [0.29, 0.717) is 30.3 Å². The summed E-state index contributed by atoms with van der Waals surface area (Å²) in [6, 6.07) is 6.61. The summed E-state index contributed by atoms with van der Waals surface area (Å²) >= 11 is 0. The Morgan fingerprint density at radius 1 is 1.10 bits per heavy atom. The Hall–Kier alpha value is -1.94. The minimum atomic E-state index is -0.378. The van der Waals surface area contributed by atoms with Crippen LogP contribution in [0.1, 0.15) is 12.0 Å². The molecular weight excluding hydrogens is 266 g/mol. The smallest absolute Gasteiger partial charge is 0.269 e. The zero-order valence-corrected chi connectivity index (χ0v) is 11.6. The van der Waals surface area contributed by atoms with E-state index in [1.54, 1.807) is 12.1 Å².